The minimum atomic E-state index is -3.28. The smallest absolute Gasteiger partial charge is 0.416 e. The van der Waals surface area contributed by atoms with E-state index in [1.165, 1.54) is 17.5 Å². The number of aromatic carboxylic acids is 1. The molecule has 4 amide bonds. The molecule has 2 aliphatic rings. The van der Waals surface area contributed by atoms with Gasteiger partial charge in [-0.1, -0.05) is 0 Å². The van der Waals surface area contributed by atoms with E-state index in [0.717, 1.165) is 27.4 Å². The summed E-state index contributed by atoms with van der Waals surface area (Å²) in [5, 5.41) is 15.6. The molecule has 17 heteroatoms. The van der Waals surface area contributed by atoms with Crippen molar-refractivity contribution in [1.82, 2.24) is 15.4 Å². The molecular weight excluding hydrogens is 525 g/mol. The molecule has 0 radical (unpaired) electrons. The van der Waals surface area contributed by atoms with E-state index in [2.05, 4.69) is 10.3 Å². The average Bonchev–Trinajstić information content (AvgIpc) is 3.37. The maximum atomic E-state index is 15.0. The van der Waals surface area contributed by atoms with Crippen molar-refractivity contribution >= 4 is 51.8 Å². The fraction of sp³-hybridized carbons (Fsp3) is 0.350. The van der Waals surface area contributed by atoms with Crippen molar-refractivity contribution in [3.05, 3.63) is 35.1 Å². The molecule has 2 aromatic rings. The number of ether oxygens (including phenoxy) is 1. The highest BCUT2D eigenvalue weighted by Crippen LogP contribution is 2.28. The third-order valence-corrected chi connectivity index (χ3v) is 6.00. The maximum Gasteiger partial charge on any atom is 0.416 e. The normalized spacial score (nSPS) is 18.0. The van der Waals surface area contributed by atoms with Crippen LogP contribution < -0.4 is 20.4 Å². The second-order valence-corrected chi connectivity index (χ2v) is 8.48. The molecule has 0 aliphatic carbocycles. The Morgan fingerprint density at radius 2 is 2.00 bits per heavy atom. The summed E-state index contributed by atoms with van der Waals surface area (Å²) < 4.78 is 44.7. The molecule has 4 rings (SSSR count). The van der Waals surface area contributed by atoms with Gasteiger partial charge in [-0.3, -0.25) is 19.8 Å². The lowest BCUT2D eigenvalue weighted by molar-refractivity contribution is -0.134. The number of nitrogens with zero attached hydrogens (tertiary/aromatic N) is 4. The van der Waals surface area contributed by atoms with Gasteiger partial charge in [-0.2, -0.15) is 8.78 Å². The van der Waals surface area contributed by atoms with Gasteiger partial charge in [0.05, 0.1) is 31.1 Å². The van der Waals surface area contributed by atoms with Crippen molar-refractivity contribution in [3.8, 4) is 0 Å². The Morgan fingerprint density at radius 1 is 1.22 bits per heavy atom. The summed E-state index contributed by atoms with van der Waals surface area (Å²) in [6.45, 7) is 0.166. The lowest BCUT2D eigenvalue weighted by Crippen LogP contribution is -2.41. The number of anilines is 3. The Morgan fingerprint density at radius 3 is 2.68 bits per heavy atom. The largest absolute Gasteiger partial charge is 0.476 e. The van der Waals surface area contributed by atoms with Crippen LogP contribution in [0.25, 0.3) is 0 Å². The van der Waals surface area contributed by atoms with Gasteiger partial charge in [-0.05, 0) is 18.2 Å². The van der Waals surface area contributed by atoms with Crippen molar-refractivity contribution in [2.75, 3.05) is 47.9 Å². The van der Waals surface area contributed by atoms with Gasteiger partial charge < -0.3 is 20.1 Å². The van der Waals surface area contributed by atoms with Crippen LogP contribution in [0.3, 0.4) is 0 Å². The molecule has 0 bridgehead atoms. The molecular formula is C20H19F3N6O7S. The zero-order valence-corrected chi connectivity index (χ0v) is 19.5. The van der Waals surface area contributed by atoms with Crippen LogP contribution in [0.2, 0.25) is 0 Å². The predicted octanol–water partition coefficient (Wildman–Crippen LogP) is 1.93. The molecule has 1 atom stereocenters. The Labute approximate surface area is 210 Å². The van der Waals surface area contributed by atoms with Gasteiger partial charge in [0.15, 0.2) is 17.1 Å². The molecule has 1 aromatic heterocycles. The van der Waals surface area contributed by atoms with Gasteiger partial charge >= 0.3 is 24.5 Å². The van der Waals surface area contributed by atoms with Gasteiger partial charge in [0.2, 0.25) is 0 Å². The second kappa shape index (κ2) is 10.9. The topological polar surface area (TPSA) is 154 Å². The van der Waals surface area contributed by atoms with E-state index in [1.807, 2.05) is 5.32 Å². The molecule has 2 fully saturated rings. The Hall–Kier alpha value is -4.12. The summed E-state index contributed by atoms with van der Waals surface area (Å²) in [4.78, 5) is 58.4. The summed E-state index contributed by atoms with van der Waals surface area (Å²) in [7, 11) is 0. The number of hydrogen-bond acceptors (Lipinski definition) is 9. The fourth-order valence-corrected chi connectivity index (χ4v) is 4.20. The zero-order chi connectivity index (χ0) is 26.7. The van der Waals surface area contributed by atoms with Crippen molar-refractivity contribution in [2.24, 2.45) is 0 Å². The highest BCUT2D eigenvalue weighted by molar-refractivity contribution is 7.14. The SMILES string of the molecule is O=C(O)c1csc(NC(=O)N2CCN(c3ccc(N4CC(NC(=O)C(F)F)OC4=O)cc3F)CCO2)n1. The highest BCUT2D eigenvalue weighted by atomic mass is 32.1. The highest BCUT2D eigenvalue weighted by Gasteiger charge is 2.35. The first-order chi connectivity index (χ1) is 17.6. The Kier molecular flexibility index (Phi) is 7.63. The van der Waals surface area contributed by atoms with Crippen LogP contribution in [-0.2, 0) is 14.4 Å². The quantitative estimate of drug-likeness (QED) is 0.495. The number of thiazole rings is 1. The summed E-state index contributed by atoms with van der Waals surface area (Å²) >= 11 is 0.934. The minimum Gasteiger partial charge on any atom is -0.476 e. The van der Waals surface area contributed by atoms with Crippen molar-refractivity contribution in [3.63, 3.8) is 0 Å². The molecule has 37 heavy (non-hydrogen) atoms. The molecule has 1 aromatic carbocycles. The first kappa shape index (κ1) is 26.0. The Balaban J connectivity index is 1.36. The molecule has 1 unspecified atom stereocenters. The molecule has 13 nitrogen and oxygen atoms in total. The zero-order valence-electron chi connectivity index (χ0n) is 18.7. The number of hydrogen-bond donors (Lipinski definition) is 3. The van der Waals surface area contributed by atoms with E-state index in [9.17, 15) is 32.3 Å². The number of carbonyl (C=O) groups is 4. The molecule has 0 spiro atoms. The van der Waals surface area contributed by atoms with Crippen LogP contribution in [-0.4, -0.2) is 84.6 Å². The van der Waals surface area contributed by atoms with Crippen LogP contribution in [0.1, 0.15) is 10.5 Å². The number of urea groups is 1. The first-order valence-electron chi connectivity index (χ1n) is 10.6. The number of carbonyl (C=O) groups excluding carboxylic acids is 3. The first-order valence-corrected chi connectivity index (χ1v) is 11.5. The molecule has 3 heterocycles. The van der Waals surface area contributed by atoms with Gasteiger partial charge in [-0.25, -0.2) is 28.8 Å². The molecule has 3 N–H and O–H groups in total. The fourth-order valence-electron chi connectivity index (χ4n) is 3.52. The number of benzene rings is 1. The summed E-state index contributed by atoms with van der Waals surface area (Å²) in [5.41, 5.74) is 0.0462. The molecule has 0 saturated carbocycles. The number of hydroxylamine groups is 2. The lowest BCUT2D eigenvalue weighted by atomic mass is 10.2. The predicted molar refractivity (Wildman–Crippen MR) is 121 cm³/mol. The van der Waals surface area contributed by atoms with E-state index in [4.69, 9.17) is 14.7 Å². The Bertz CT molecular complexity index is 1210. The van der Waals surface area contributed by atoms with Crippen molar-refractivity contribution < 1.29 is 47.0 Å². The maximum absolute atomic E-state index is 15.0. The number of rotatable bonds is 6. The molecule has 2 aliphatic heterocycles. The van der Waals surface area contributed by atoms with Gasteiger partial charge in [0.25, 0.3) is 5.91 Å². The van der Waals surface area contributed by atoms with Crippen LogP contribution in [0.4, 0.5) is 39.3 Å². The van der Waals surface area contributed by atoms with Crippen molar-refractivity contribution in [1.29, 1.82) is 0 Å². The van der Waals surface area contributed by atoms with Crippen LogP contribution >= 0.6 is 11.3 Å². The number of nitrogens with one attached hydrogen (secondary N) is 2. The monoisotopic (exact) mass is 544 g/mol. The number of carboxylic acids is 1. The van der Waals surface area contributed by atoms with E-state index in [-0.39, 0.29) is 55.0 Å². The van der Waals surface area contributed by atoms with Gasteiger partial charge in [-0.15, -0.1) is 11.3 Å². The number of cyclic esters (lactones) is 1. The molecule has 198 valence electrons. The van der Waals surface area contributed by atoms with Crippen LogP contribution in [0, 0.1) is 5.82 Å². The van der Waals surface area contributed by atoms with E-state index in [1.54, 1.807) is 4.90 Å². The van der Waals surface area contributed by atoms with E-state index in [0.29, 0.717) is 0 Å². The van der Waals surface area contributed by atoms with E-state index >= 15 is 0 Å². The van der Waals surface area contributed by atoms with Crippen molar-refractivity contribution in [2.45, 2.75) is 12.7 Å². The lowest BCUT2D eigenvalue weighted by Gasteiger charge is -2.23. The summed E-state index contributed by atoms with van der Waals surface area (Å²) in [6.07, 6.45) is -5.52. The number of alkyl halides is 2. The number of amides is 4. The summed E-state index contributed by atoms with van der Waals surface area (Å²) in [5.74, 6) is -3.53. The summed E-state index contributed by atoms with van der Waals surface area (Å²) in [6, 6.07) is 3.22. The minimum absolute atomic E-state index is 0.0246. The third kappa shape index (κ3) is 6.00. The van der Waals surface area contributed by atoms with Crippen LogP contribution in [0.5, 0.6) is 0 Å². The number of halogens is 3. The number of carboxylic acid groups (broad SMARTS) is 1. The third-order valence-electron chi connectivity index (χ3n) is 5.24. The second-order valence-electron chi connectivity index (χ2n) is 7.62. The standard InChI is InChI=1S/C20H19F3N6O7S/c21-11-7-10(28-8-14(36-20(28)34)25-16(30)15(22)23)1-2-13(11)27-3-4-29(35-6-5-27)19(33)26-18-24-12(9-37-18)17(31)32/h1-2,7,9,14-15H,3-6,8H2,(H,25,30)(H,31,32)(H,24,26,33). The van der Waals surface area contributed by atoms with Crippen LogP contribution in [0.15, 0.2) is 23.6 Å². The molecule has 2 saturated heterocycles. The van der Waals surface area contributed by atoms with Gasteiger partial charge in [0.1, 0.15) is 5.82 Å². The van der Waals surface area contributed by atoms with E-state index < -0.39 is 42.5 Å². The number of aromatic nitrogens is 1. The van der Waals surface area contributed by atoms with Gasteiger partial charge in [0, 0.05) is 18.5 Å². The average molecular weight is 544 g/mol.